The molecule has 80 valence electrons. The highest BCUT2D eigenvalue weighted by Gasteiger charge is 2.10. The van der Waals surface area contributed by atoms with Gasteiger partial charge in [-0.2, -0.15) is 0 Å². The average molecular weight is 226 g/mol. The summed E-state index contributed by atoms with van der Waals surface area (Å²) in [6, 6.07) is 21.4. The normalized spacial score (nSPS) is 10.3. The molecule has 0 heterocycles. The first kappa shape index (κ1) is 11.1. The molecule has 0 fully saturated rings. The first-order valence-corrected chi connectivity index (χ1v) is 6.93. The average Bonchev–Trinajstić information content (AvgIpc) is 2.38. The van der Waals surface area contributed by atoms with Crippen LogP contribution in [-0.2, 0) is 0 Å². The van der Waals surface area contributed by atoms with E-state index in [2.05, 4.69) is 67.2 Å². The van der Waals surface area contributed by atoms with E-state index in [9.17, 15) is 0 Å². The third-order valence-electron chi connectivity index (χ3n) is 2.45. The summed E-state index contributed by atoms with van der Waals surface area (Å²) >= 11 is 0. The second-order valence-corrected chi connectivity index (χ2v) is 5.82. The molecule has 0 aliphatic carbocycles. The maximum absolute atomic E-state index is 3.87. The Morgan fingerprint density at radius 1 is 0.812 bits per heavy atom. The molecule has 2 aromatic rings. The monoisotopic (exact) mass is 226 g/mol. The summed E-state index contributed by atoms with van der Waals surface area (Å²) < 4.78 is 0. The summed E-state index contributed by atoms with van der Waals surface area (Å²) in [7, 11) is -0.269. The van der Waals surface area contributed by atoms with Crippen molar-refractivity contribution in [3.63, 3.8) is 0 Å². The van der Waals surface area contributed by atoms with Gasteiger partial charge in [0.25, 0.3) is 0 Å². The van der Waals surface area contributed by atoms with Gasteiger partial charge in [-0.15, -0.1) is 6.58 Å². The van der Waals surface area contributed by atoms with Gasteiger partial charge in [-0.25, -0.2) is 0 Å². The van der Waals surface area contributed by atoms with Crippen LogP contribution < -0.4 is 10.6 Å². The van der Waals surface area contributed by atoms with Crippen LogP contribution in [0, 0.1) is 0 Å². The smallest absolute Gasteiger partial charge is 0.00669 e. The Balaban J connectivity index is 2.35. The number of benzene rings is 2. The first-order valence-electron chi connectivity index (χ1n) is 5.40. The van der Waals surface area contributed by atoms with Crippen LogP contribution in [-0.4, -0.2) is 6.16 Å². The van der Waals surface area contributed by atoms with Crippen LogP contribution in [0.2, 0.25) is 0 Å². The molecule has 2 aromatic carbocycles. The van der Waals surface area contributed by atoms with Gasteiger partial charge >= 0.3 is 0 Å². The van der Waals surface area contributed by atoms with Gasteiger partial charge in [0.2, 0.25) is 0 Å². The summed E-state index contributed by atoms with van der Waals surface area (Å²) in [5.74, 6) is 0. The maximum Gasteiger partial charge on any atom is -0.00669 e. The highest BCUT2D eigenvalue weighted by Crippen LogP contribution is 2.32. The zero-order chi connectivity index (χ0) is 11.2. The molecule has 2 rings (SSSR count). The van der Waals surface area contributed by atoms with Crippen molar-refractivity contribution in [1.82, 2.24) is 0 Å². The molecule has 0 radical (unpaired) electrons. The van der Waals surface area contributed by atoms with Crippen LogP contribution in [0.15, 0.2) is 73.3 Å². The van der Waals surface area contributed by atoms with Gasteiger partial charge < -0.3 is 0 Å². The van der Waals surface area contributed by atoms with Crippen LogP contribution in [0.5, 0.6) is 0 Å². The van der Waals surface area contributed by atoms with E-state index < -0.39 is 0 Å². The number of rotatable bonds is 4. The van der Waals surface area contributed by atoms with E-state index in [0.29, 0.717) is 0 Å². The fraction of sp³-hybridized carbons (Fsp3) is 0.0667. The van der Waals surface area contributed by atoms with Crippen molar-refractivity contribution in [1.29, 1.82) is 0 Å². The quantitative estimate of drug-likeness (QED) is 0.554. The van der Waals surface area contributed by atoms with Crippen LogP contribution in [0.1, 0.15) is 0 Å². The largest absolute Gasteiger partial charge is 0.103 e. The van der Waals surface area contributed by atoms with Crippen molar-refractivity contribution in [2.75, 3.05) is 6.16 Å². The van der Waals surface area contributed by atoms with Gasteiger partial charge in [0.1, 0.15) is 0 Å². The van der Waals surface area contributed by atoms with Crippen LogP contribution in [0.3, 0.4) is 0 Å². The van der Waals surface area contributed by atoms with Gasteiger partial charge in [-0.05, 0) is 24.7 Å². The minimum Gasteiger partial charge on any atom is -0.103 e. The molecule has 0 nitrogen and oxygen atoms in total. The number of allylic oxidation sites excluding steroid dienone is 1. The lowest BCUT2D eigenvalue weighted by atomic mass is 10.4. The molecule has 0 saturated carbocycles. The number of hydrogen-bond donors (Lipinski definition) is 0. The van der Waals surface area contributed by atoms with E-state index >= 15 is 0 Å². The van der Waals surface area contributed by atoms with E-state index in [1.165, 1.54) is 10.6 Å². The molecule has 0 aliphatic heterocycles. The Bertz CT molecular complexity index is 394. The molecule has 16 heavy (non-hydrogen) atoms. The van der Waals surface area contributed by atoms with Gasteiger partial charge in [0.05, 0.1) is 0 Å². The zero-order valence-electron chi connectivity index (χ0n) is 9.21. The molecule has 0 atom stereocenters. The van der Waals surface area contributed by atoms with Crippen molar-refractivity contribution < 1.29 is 0 Å². The summed E-state index contributed by atoms with van der Waals surface area (Å²) in [5.41, 5.74) is 0. The highest BCUT2D eigenvalue weighted by molar-refractivity contribution is 7.73. The topological polar surface area (TPSA) is 0 Å². The lowest BCUT2D eigenvalue weighted by Crippen LogP contribution is -2.12. The van der Waals surface area contributed by atoms with E-state index in [1.54, 1.807) is 0 Å². The van der Waals surface area contributed by atoms with Gasteiger partial charge in [-0.1, -0.05) is 66.7 Å². The molecule has 0 bridgehead atoms. The highest BCUT2D eigenvalue weighted by atomic mass is 31.1. The third-order valence-corrected chi connectivity index (χ3v) is 4.91. The van der Waals surface area contributed by atoms with E-state index in [1.807, 2.05) is 6.08 Å². The molecule has 0 aromatic heterocycles. The fourth-order valence-corrected chi connectivity index (χ4v) is 3.75. The standard InChI is InChI=1S/C15H15P/c1-2-13-16(14-9-5-3-6-10-14)15-11-7-4-8-12-15/h2-12H,1,13H2. The second kappa shape index (κ2) is 5.63. The second-order valence-electron chi connectivity index (χ2n) is 3.57. The SMILES string of the molecule is C=CCP(c1ccccc1)c1ccccc1. The third kappa shape index (κ3) is 2.59. The molecular formula is C15H15P. The maximum atomic E-state index is 3.87. The number of hydrogen-bond acceptors (Lipinski definition) is 0. The Morgan fingerprint density at radius 3 is 1.62 bits per heavy atom. The van der Waals surface area contributed by atoms with Gasteiger partial charge in [-0.3, -0.25) is 0 Å². The molecule has 0 spiro atoms. The summed E-state index contributed by atoms with van der Waals surface area (Å²) in [5, 5.41) is 2.84. The van der Waals surface area contributed by atoms with E-state index in [4.69, 9.17) is 0 Å². The molecule has 0 N–H and O–H groups in total. The van der Waals surface area contributed by atoms with E-state index in [0.717, 1.165) is 6.16 Å². The first-order chi connectivity index (χ1) is 7.92. The van der Waals surface area contributed by atoms with Crippen molar-refractivity contribution >= 4 is 18.5 Å². The van der Waals surface area contributed by atoms with E-state index in [-0.39, 0.29) is 7.92 Å². The van der Waals surface area contributed by atoms with Gasteiger partial charge in [0.15, 0.2) is 0 Å². The van der Waals surface area contributed by atoms with Crippen LogP contribution >= 0.6 is 7.92 Å². The Labute approximate surface area is 98.4 Å². The Kier molecular flexibility index (Phi) is 3.91. The van der Waals surface area contributed by atoms with Crippen molar-refractivity contribution in [3.8, 4) is 0 Å². The van der Waals surface area contributed by atoms with Crippen LogP contribution in [0.4, 0.5) is 0 Å². The fourth-order valence-electron chi connectivity index (χ4n) is 1.70. The van der Waals surface area contributed by atoms with Gasteiger partial charge in [0, 0.05) is 0 Å². The Hall–Kier alpha value is -1.39. The molecule has 0 aliphatic rings. The molecule has 1 heteroatoms. The predicted molar refractivity (Wildman–Crippen MR) is 74.1 cm³/mol. The minimum atomic E-state index is -0.269. The summed E-state index contributed by atoms with van der Waals surface area (Å²) in [6.45, 7) is 3.87. The minimum absolute atomic E-state index is 0.269. The lowest BCUT2D eigenvalue weighted by molar-refractivity contribution is 1.71. The Morgan fingerprint density at radius 2 is 1.25 bits per heavy atom. The van der Waals surface area contributed by atoms with Crippen molar-refractivity contribution in [2.24, 2.45) is 0 Å². The van der Waals surface area contributed by atoms with Crippen LogP contribution in [0.25, 0.3) is 0 Å². The molecular weight excluding hydrogens is 211 g/mol. The van der Waals surface area contributed by atoms with Crippen molar-refractivity contribution in [3.05, 3.63) is 73.3 Å². The summed E-state index contributed by atoms with van der Waals surface area (Å²) in [6.07, 6.45) is 3.06. The molecule has 0 amide bonds. The van der Waals surface area contributed by atoms with Crippen molar-refractivity contribution in [2.45, 2.75) is 0 Å². The molecule has 0 saturated heterocycles. The summed E-state index contributed by atoms with van der Waals surface area (Å²) in [4.78, 5) is 0. The lowest BCUT2D eigenvalue weighted by Gasteiger charge is -2.16. The molecule has 0 unspecified atom stereocenters. The zero-order valence-corrected chi connectivity index (χ0v) is 10.1. The predicted octanol–water partition coefficient (Wildman–Crippen LogP) is 3.31.